The molecule has 0 amide bonds. The minimum atomic E-state index is -0.210. The molecule has 0 saturated carbocycles. The van der Waals surface area contributed by atoms with Crippen LogP contribution in [0.2, 0.25) is 0 Å². The Morgan fingerprint density at radius 3 is 1.12 bits per heavy atom. The average Bonchev–Trinajstić information content (AvgIpc) is 4.46. The number of methoxy groups -OCH3 is 2. The predicted octanol–water partition coefficient (Wildman–Crippen LogP) is 11.3. The van der Waals surface area contributed by atoms with Gasteiger partial charge in [0, 0.05) is 68.0 Å². The van der Waals surface area contributed by atoms with Gasteiger partial charge in [-0.05, 0) is 109 Å². The van der Waals surface area contributed by atoms with Crippen molar-refractivity contribution in [1.29, 1.82) is 0 Å². The molecule has 0 unspecified atom stereocenters. The summed E-state index contributed by atoms with van der Waals surface area (Å²) >= 11 is 0. The first kappa shape index (κ1) is 55.2. The number of Topliss-reactive ketones (excluding diaryl/α,β-unsaturated/α-hetero) is 1. The van der Waals surface area contributed by atoms with Crippen LogP contribution in [-0.4, -0.2) is 76.2 Å². The van der Waals surface area contributed by atoms with Crippen LogP contribution < -0.4 is 0 Å². The van der Waals surface area contributed by atoms with E-state index in [1.54, 1.807) is 0 Å². The molecule has 8 aromatic rings. The SMILES string of the molecule is CCn1c(C2Cc3ccccc3C2)nnc1[C@H](C)CC(=O)Cc1cccc2ccccc12.CCn1c(C2Cc3ccccc3C2)nnc1[C@H](C)CC(=O)OC.CCn1c(C2Cc3ccccc3C2)nnc1[C@H](C)CC(=O)OC. The van der Waals surface area contributed by atoms with Gasteiger partial charge in [0.1, 0.15) is 40.7 Å². The molecule has 3 aliphatic carbocycles. The molecule has 0 saturated heterocycles. The summed E-state index contributed by atoms with van der Waals surface area (Å²) in [6, 6.07) is 40.3. The standard InChI is InChI=1S/C28H29N3O.2C18H23N3O2/c1-3-31-27(29-30-28(31)24-16-21-10-4-5-11-22(21)17-24)19(2)15-25(32)18-23-13-8-12-20-9-6-7-14-26(20)23;2*1-4-21-17(12(2)9-16(22)23-3)19-20-18(21)15-10-13-7-5-6-8-14(13)11-15/h4-14,19,24H,3,15-18H2,1-2H3;2*5-8,12,15H,4,9-11H2,1-3H3/t19-;2*12-/m111/s1. The van der Waals surface area contributed by atoms with E-state index in [0.717, 1.165) is 104 Å². The van der Waals surface area contributed by atoms with Gasteiger partial charge < -0.3 is 23.2 Å². The van der Waals surface area contributed by atoms with Crippen molar-refractivity contribution in [2.75, 3.05) is 14.2 Å². The predicted molar refractivity (Wildman–Crippen MR) is 303 cm³/mol. The van der Waals surface area contributed by atoms with Gasteiger partial charge in [-0.15, -0.1) is 30.6 Å². The zero-order valence-electron chi connectivity index (χ0n) is 46.7. The van der Waals surface area contributed by atoms with Gasteiger partial charge in [-0.1, -0.05) is 136 Å². The molecule has 3 aliphatic rings. The van der Waals surface area contributed by atoms with Crippen molar-refractivity contribution in [3.8, 4) is 0 Å². The molecule has 14 heteroatoms. The number of carbonyl (C=O) groups excluding carboxylic acids is 3. The first-order valence-corrected chi connectivity index (χ1v) is 28.0. The Morgan fingerprint density at radius 1 is 0.449 bits per heavy atom. The van der Waals surface area contributed by atoms with Gasteiger partial charge >= 0.3 is 11.9 Å². The molecule has 406 valence electrons. The summed E-state index contributed by atoms with van der Waals surface area (Å²) in [6.45, 7) is 14.9. The summed E-state index contributed by atoms with van der Waals surface area (Å²) in [5, 5.41) is 29.2. The highest BCUT2D eigenvalue weighted by molar-refractivity contribution is 5.91. The van der Waals surface area contributed by atoms with E-state index in [4.69, 9.17) is 9.47 Å². The molecular weight excluding hydrogens is 975 g/mol. The number of rotatable bonds is 17. The van der Waals surface area contributed by atoms with Crippen LogP contribution in [0.4, 0.5) is 0 Å². The second-order valence-corrected chi connectivity index (χ2v) is 21.4. The minimum Gasteiger partial charge on any atom is -0.469 e. The van der Waals surface area contributed by atoms with Crippen molar-refractivity contribution in [3.63, 3.8) is 0 Å². The first-order chi connectivity index (χ1) is 37.9. The van der Waals surface area contributed by atoms with E-state index in [0.29, 0.717) is 43.4 Å². The number of esters is 2. The zero-order chi connectivity index (χ0) is 54.9. The third-order valence-electron chi connectivity index (χ3n) is 16.1. The van der Waals surface area contributed by atoms with Crippen LogP contribution in [-0.2, 0) is 88.4 Å². The molecular formula is C64H75N9O5. The second kappa shape index (κ2) is 25.2. The second-order valence-electron chi connectivity index (χ2n) is 21.4. The Bertz CT molecular complexity index is 3170. The van der Waals surface area contributed by atoms with E-state index in [2.05, 4.69) is 169 Å². The Morgan fingerprint density at radius 2 is 0.769 bits per heavy atom. The number of benzene rings is 5. The monoisotopic (exact) mass is 1050 g/mol. The number of fused-ring (bicyclic) bond motifs is 4. The molecule has 5 aromatic carbocycles. The fourth-order valence-corrected chi connectivity index (χ4v) is 12.2. The molecule has 3 aromatic heterocycles. The lowest BCUT2D eigenvalue weighted by Gasteiger charge is -2.15. The molecule has 78 heavy (non-hydrogen) atoms. The minimum absolute atomic E-state index is 0.00688. The first-order valence-electron chi connectivity index (χ1n) is 28.0. The Kier molecular flexibility index (Phi) is 17.8. The summed E-state index contributed by atoms with van der Waals surface area (Å²) in [4.78, 5) is 36.0. The maximum atomic E-state index is 13.0. The molecule has 14 nitrogen and oxygen atoms in total. The van der Waals surface area contributed by atoms with Crippen molar-refractivity contribution in [2.45, 2.75) is 161 Å². The molecule has 11 rings (SSSR count). The van der Waals surface area contributed by atoms with Crippen molar-refractivity contribution in [3.05, 3.63) is 189 Å². The van der Waals surface area contributed by atoms with Crippen molar-refractivity contribution in [2.24, 2.45) is 0 Å². The Hall–Kier alpha value is -7.61. The van der Waals surface area contributed by atoms with Crippen LogP contribution in [0, 0.1) is 0 Å². The van der Waals surface area contributed by atoms with Gasteiger partial charge in [-0.25, -0.2) is 0 Å². The lowest BCUT2D eigenvalue weighted by Crippen LogP contribution is -2.15. The molecule has 0 fully saturated rings. The highest BCUT2D eigenvalue weighted by Crippen LogP contribution is 2.37. The number of hydrogen-bond acceptors (Lipinski definition) is 11. The molecule has 3 heterocycles. The zero-order valence-corrected chi connectivity index (χ0v) is 46.7. The molecule has 0 bridgehead atoms. The molecule has 3 atom stereocenters. The number of carbonyl (C=O) groups is 3. The van der Waals surface area contributed by atoms with Crippen LogP contribution in [0.3, 0.4) is 0 Å². The summed E-state index contributed by atoms with van der Waals surface area (Å²) < 4.78 is 16.1. The number of aromatic nitrogens is 9. The van der Waals surface area contributed by atoms with Gasteiger partial charge in [0.15, 0.2) is 0 Å². The fourth-order valence-electron chi connectivity index (χ4n) is 12.2. The third-order valence-corrected chi connectivity index (χ3v) is 16.1. The fraction of sp³-hybridized carbons (Fsp3) is 0.422. The van der Waals surface area contributed by atoms with Gasteiger partial charge in [0.25, 0.3) is 0 Å². The quantitative estimate of drug-likeness (QED) is 0.0798. The maximum Gasteiger partial charge on any atom is 0.306 e. The number of nitrogens with zero attached hydrogens (tertiary/aromatic N) is 9. The maximum absolute atomic E-state index is 13.0. The van der Waals surface area contributed by atoms with Gasteiger partial charge in [-0.3, -0.25) is 14.4 Å². The number of hydrogen-bond donors (Lipinski definition) is 0. The molecule has 0 radical (unpaired) electrons. The summed E-state index contributed by atoms with van der Waals surface area (Å²) in [6.07, 6.45) is 7.69. The van der Waals surface area contributed by atoms with E-state index in [1.165, 1.54) is 53.0 Å². The van der Waals surface area contributed by atoms with E-state index < -0.39 is 0 Å². The van der Waals surface area contributed by atoms with E-state index in [1.807, 2.05) is 32.0 Å². The molecule has 0 spiro atoms. The lowest BCUT2D eigenvalue weighted by atomic mass is 9.96. The van der Waals surface area contributed by atoms with Gasteiger partial charge in [0.2, 0.25) is 0 Å². The Labute approximate surface area is 459 Å². The van der Waals surface area contributed by atoms with E-state index in [-0.39, 0.29) is 35.5 Å². The molecule has 0 N–H and O–H groups in total. The van der Waals surface area contributed by atoms with Crippen LogP contribution in [0.5, 0.6) is 0 Å². The average molecular weight is 1050 g/mol. The van der Waals surface area contributed by atoms with E-state index in [9.17, 15) is 14.4 Å². The largest absolute Gasteiger partial charge is 0.469 e. The highest BCUT2D eigenvalue weighted by Gasteiger charge is 2.32. The smallest absolute Gasteiger partial charge is 0.306 e. The van der Waals surface area contributed by atoms with Crippen LogP contribution in [0.15, 0.2) is 115 Å². The van der Waals surface area contributed by atoms with E-state index >= 15 is 0 Å². The summed E-state index contributed by atoms with van der Waals surface area (Å²) in [5.74, 6) is 6.83. The van der Waals surface area contributed by atoms with Crippen LogP contribution >= 0.6 is 0 Å². The van der Waals surface area contributed by atoms with Gasteiger partial charge in [0.05, 0.1) is 27.1 Å². The highest BCUT2D eigenvalue weighted by atomic mass is 16.5. The number of ether oxygens (including phenoxy) is 2. The van der Waals surface area contributed by atoms with Crippen molar-refractivity contribution >= 4 is 28.5 Å². The Balaban J connectivity index is 0.000000145. The van der Waals surface area contributed by atoms with Crippen LogP contribution in [0.25, 0.3) is 10.8 Å². The third kappa shape index (κ3) is 12.2. The van der Waals surface area contributed by atoms with Crippen LogP contribution in [0.1, 0.15) is 170 Å². The number of ketones is 1. The lowest BCUT2D eigenvalue weighted by molar-refractivity contribution is -0.141. The van der Waals surface area contributed by atoms with Crippen molar-refractivity contribution in [1.82, 2.24) is 44.3 Å². The normalized spacial score (nSPS) is 15.1. The topological polar surface area (TPSA) is 162 Å². The molecule has 0 aliphatic heterocycles. The summed E-state index contributed by atoms with van der Waals surface area (Å²) in [7, 11) is 2.83. The van der Waals surface area contributed by atoms with Gasteiger partial charge in [-0.2, -0.15) is 0 Å². The van der Waals surface area contributed by atoms with Crippen molar-refractivity contribution < 1.29 is 23.9 Å². The summed E-state index contributed by atoms with van der Waals surface area (Å²) in [5.41, 5.74) is 9.58.